The number of hydrogen-bond donors (Lipinski definition) is 1. The Morgan fingerprint density at radius 3 is 2.89 bits per heavy atom. The van der Waals surface area contributed by atoms with Crippen LogP contribution in [0.1, 0.15) is 5.56 Å². The van der Waals surface area contributed by atoms with E-state index in [4.69, 9.17) is 10.5 Å². The van der Waals surface area contributed by atoms with Crippen molar-refractivity contribution in [3.8, 4) is 0 Å². The Morgan fingerprint density at radius 1 is 1.42 bits per heavy atom. The standard InChI is InChI=1S/C13H16F2N2O2/c14-11-2-1-9(5-12(11)15)6-13(18)17-3-4-19-10(7-16)8-17/h1-2,5,10H,3-4,6-8,16H2. The van der Waals surface area contributed by atoms with Crippen LogP contribution in [-0.4, -0.2) is 43.2 Å². The maximum Gasteiger partial charge on any atom is 0.227 e. The molecule has 0 saturated carbocycles. The largest absolute Gasteiger partial charge is 0.373 e. The summed E-state index contributed by atoms with van der Waals surface area (Å²) in [5.74, 6) is -1.98. The first-order valence-electron chi connectivity index (χ1n) is 6.13. The molecule has 1 heterocycles. The first-order valence-corrected chi connectivity index (χ1v) is 6.13. The molecular formula is C13H16F2N2O2. The molecule has 1 amide bonds. The first kappa shape index (κ1) is 13.9. The molecule has 2 N–H and O–H groups in total. The van der Waals surface area contributed by atoms with Gasteiger partial charge in [0.1, 0.15) is 0 Å². The second-order valence-corrected chi connectivity index (χ2v) is 4.49. The van der Waals surface area contributed by atoms with E-state index in [1.54, 1.807) is 4.90 Å². The molecule has 1 aliphatic rings. The van der Waals surface area contributed by atoms with Gasteiger partial charge >= 0.3 is 0 Å². The van der Waals surface area contributed by atoms with E-state index in [1.807, 2.05) is 0 Å². The van der Waals surface area contributed by atoms with E-state index in [9.17, 15) is 13.6 Å². The lowest BCUT2D eigenvalue weighted by atomic mass is 10.1. The minimum atomic E-state index is -0.938. The van der Waals surface area contributed by atoms with Crippen molar-refractivity contribution in [1.82, 2.24) is 4.90 Å². The number of hydrogen-bond acceptors (Lipinski definition) is 3. The Morgan fingerprint density at radius 2 is 2.21 bits per heavy atom. The Hall–Kier alpha value is -1.53. The monoisotopic (exact) mass is 270 g/mol. The predicted octanol–water partition coefficient (Wildman–Crippen LogP) is 0.693. The number of amides is 1. The second-order valence-electron chi connectivity index (χ2n) is 4.49. The van der Waals surface area contributed by atoms with E-state index in [-0.39, 0.29) is 18.4 Å². The molecule has 1 unspecified atom stereocenters. The molecule has 1 fully saturated rings. The predicted molar refractivity (Wildman–Crippen MR) is 65.4 cm³/mol. The summed E-state index contributed by atoms with van der Waals surface area (Å²) in [5.41, 5.74) is 5.96. The Labute approximate surface area is 110 Å². The van der Waals surface area contributed by atoms with Gasteiger partial charge < -0.3 is 15.4 Å². The maximum atomic E-state index is 13.1. The van der Waals surface area contributed by atoms with E-state index in [0.717, 1.165) is 12.1 Å². The highest BCUT2D eigenvalue weighted by atomic mass is 19.2. The van der Waals surface area contributed by atoms with Gasteiger partial charge in [-0.3, -0.25) is 4.79 Å². The zero-order chi connectivity index (χ0) is 13.8. The average molecular weight is 270 g/mol. The van der Waals surface area contributed by atoms with Gasteiger partial charge in [-0.1, -0.05) is 6.07 Å². The lowest BCUT2D eigenvalue weighted by Crippen LogP contribution is -2.48. The summed E-state index contributed by atoms with van der Waals surface area (Å²) in [4.78, 5) is 13.7. The molecule has 0 bridgehead atoms. The van der Waals surface area contributed by atoms with Crippen molar-refractivity contribution < 1.29 is 18.3 Å². The molecule has 104 valence electrons. The van der Waals surface area contributed by atoms with Crippen LogP contribution in [-0.2, 0) is 16.0 Å². The SMILES string of the molecule is NCC1CN(C(=O)Cc2ccc(F)c(F)c2)CCO1. The van der Waals surface area contributed by atoms with Crippen LogP contribution in [0.5, 0.6) is 0 Å². The Bertz CT molecular complexity index is 468. The third-order valence-electron chi connectivity index (χ3n) is 3.09. The molecule has 1 aromatic carbocycles. The number of carbonyl (C=O) groups is 1. The summed E-state index contributed by atoms with van der Waals surface area (Å²) in [7, 11) is 0. The zero-order valence-corrected chi connectivity index (χ0v) is 10.4. The topological polar surface area (TPSA) is 55.6 Å². The van der Waals surface area contributed by atoms with Crippen molar-refractivity contribution in [2.24, 2.45) is 5.73 Å². The van der Waals surface area contributed by atoms with Crippen LogP contribution in [0.4, 0.5) is 8.78 Å². The van der Waals surface area contributed by atoms with E-state index in [2.05, 4.69) is 0 Å². The fourth-order valence-corrected chi connectivity index (χ4v) is 2.02. The third kappa shape index (κ3) is 3.48. The average Bonchev–Trinajstić information content (AvgIpc) is 2.43. The number of carbonyl (C=O) groups excluding carboxylic acids is 1. The van der Waals surface area contributed by atoms with E-state index < -0.39 is 11.6 Å². The first-order chi connectivity index (χ1) is 9.10. The quantitative estimate of drug-likeness (QED) is 0.879. The number of benzene rings is 1. The Kier molecular flexibility index (Phi) is 4.44. The molecule has 1 atom stereocenters. The molecule has 4 nitrogen and oxygen atoms in total. The molecule has 0 aromatic heterocycles. The summed E-state index contributed by atoms with van der Waals surface area (Å²) >= 11 is 0. The number of nitrogens with zero attached hydrogens (tertiary/aromatic N) is 1. The molecule has 1 saturated heterocycles. The molecule has 2 rings (SSSR count). The number of morpholine rings is 1. The lowest BCUT2D eigenvalue weighted by molar-refractivity contribution is -0.137. The van der Waals surface area contributed by atoms with Crippen LogP contribution >= 0.6 is 0 Å². The molecular weight excluding hydrogens is 254 g/mol. The molecule has 0 aliphatic carbocycles. The summed E-state index contributed by atoms with van der Waals surface area (Å²) in [6, 6.07) is 3.49. The van der Waals surface area contributed by atoms with E-state index >= 15 is 0 Å². The molecule has 1 aromatic rings. The van der Waals surface area contributed by atoms with Gasteiger partial charge in [-0.2, -0.15) is 0 Å². The van der Waals surface area contributed by atoms with Crippen LogP contribution in [0, 0.1) is 11.6 Å². The van der Waals surface area contributed by atoms with Crippen LogP contribution in [0.2, 0.25) is 0 Å². The van der Waals surface area contributed by atoms with E-state index in [0.29, 0.717) is 31.8 Å². The van der Waals surface area contributed by atoms with Gasteiger partial charge in [0.15, 0.2) is 11.6 Å². The van der Waals surface area contributed by atoms with Crippen molar-refractivity contribution in [3.05, 3.63) is 35.4 Å². The van der Waals surface area contributed by atoms with Crippen molar-refractivity contribution in [1.29, 1.82) is 0 Å². The van der Waals surface area contributed by atoms with Crippen molar-refractivity contribution in [3.63, 3.8) is 0 Å². The number of halogens is 2. The third-order valence-corrected chi connectivity index (χ3v) is 3.09. The smallest absolute Gasteiger partial charge is 0.227 e. The second kappa shape index (κ2) is 6.08. The summed E-state index contributed by atoms with van der Waals surface area (Å²) in [6.07, 6.45) is -0.100. The summed E-state index contributed by atoms with van der Waals surface area (Å²) in [5, 5.41) is 0. The Balaban J connectivity index is 1.98. The van der Waals surface area contributed by atoms with Crippen molar-refractivity contribution in [2.45, 2.75) is 12.5 Å². The minimum absolute atomic E-state index is 0.0501. The van der Waals surface area contributed by atoms with Crippen LogP contribution < -0.4 is 5.73 Å². The normalized spacial score (nSPS) is 19.5. The van der Waals surface area contributed by atoms with E-state index in [1.165, 1.54) is 6.07 Å². The van der Waals surface area contributed by atoms with Crippen LogP contribution in [0.3, 0.4) is 0 Å². The minimum Gasteiger partial charge on any atom is -0.373 e. The van der Waals surface area contributed by atoms with Gasteiger partial charge in [0.25, 0.3) is 0 Å². The number of ether oxygens (including phenoxy) is 1. The van der Waals surface area contributed by atoms with Crippen LogP contribution in [0.25, 0.3) is 0 Å². The molecule has 19 heavy (non-hydrogen) atoms. The van der Waals surface area contributed by atoms with Gasteiger partial charge in [-0.05, 0) is 17.7 Å². The lowest BCUT2D eigenvalue weighted by Gasteiger charge is -2.32. The van der Waals surface area contributed by atoms with Crippen molar-refractivity contribution in [2.75, 3.05) is 26.2 Å². The van der Waals surface area contributed by atoms with Gasteiger partial charge in [0.2, 0.25) is 5.91 Å². The molecule has 0 radical (unpaired) electrons. The summed E-state index contributed by atoms with van der Waals surface area (Å²) < 4.78 is 31.2. The molecule has 6 heteroatoms. The number of rotatable bonds is 3. The van der Waals surface area contributed by atoms with Gasteiger partial charge in [-0.15, -0.1) is 0 Å². The highest BCUT2D eigenvalue weighted by Gasteiger charge is 2.23. The fourth-order valence-electron chi connectivity index (χ4n) is 2.02. The fraction of sp³-hybridized carbons (Fsp3) is 0.462. The zero-order valence-electron chi connectivity index (χ0n) is 10.4. The molecule has 0 spiro atoms. The highest BCUT2D eigenvalue weighted by Crippen LogP contribution is 2.12. The molecule has 1 aliphatic heterocycles. The van der Waals surface area contributed by atoms with Gasteiger partial charge in [-0.25, -0.2) is 8.78 Å². The van der Waals surface area contributed by atoms with Crippen molar-refractivity contribution >= 4 is 5.91 Å². The summed E-state index contributed by atoms with van der Waals surface area (Å²) in [6.45, 7) is 1.75. The van der Waals surface area contributed by atoms with Gasteiger partial charge in [0, 0.05) is 19.6 Å². The van der Waals surface area contributed by atoms with Gasteiger partial charge in [0.05, 0.1) is 19.1 Å². The van der Waals surface area contributed by atoms with Crippen LogP contribution in [0.15, 0.2) is 18.2 Å². The highest BCUT2D eigenvalue weighted by molar-refractivity contribution is 5.78. The maximum absolute atomic E-state index is 13.1. The number of nitrogens with two attached hydrogens (primary N) is 1.